The summed E-state index contributed by atoms with van der Waals surface area (Å²) in [7, 11) is 0. The minimum Gasteiger partial charge on any atom is -0.376 e. The van der Waals surface area contributed by atoms with Crippen molar-refractivity contribution >= 4 is 16.8 Å². The summed E-state index contributed by atoms with van der Waals surface area (Å²) in [5, 5.41) is 0.378. The summed E-state index contributed by atoms with van der Waals surface area (Å²) in [6, 6.07) is 12.4. The number of hydrogen-bond acceptors (Lipinski definition) is 2. The van der Waals surface area contributed by atoms with Crippen LogP contribution in [0, 0.1) is 11.6 Å². The van der Waals surface area contributed by atoms with E-state index in [-0.39, 0.29) is 30.2 Å². The average molecular weight is 370 g/mol. The smallest absolute Gasteiger partial charge is 0.270 e. The van der Waals surface area contributed by atoms with Crippen molar-refractivity contribution in [1.29, 1.82) is 0 Å². The van der Waals surface area contributed by atoms with E-state index in [1.807, 2.05) is 0 Å². The molecule has 27 heavy (non-hydrogen) atoms. The van der Waals surface area contributed by atoms with Gasteiger partial charge in [0.05, 0.1) is 6.10 Å². The number of ether oxygens (including phenoxy) is 1. The summed E-state index contributed by atoms with van der Waals surface area (Å²) in [4.78, 5) is 17.8. The molecule has 0 saturated carbocycles. The fraction of sp³-hybridized carbons (Fsp3) is 0.286. The molecule has 4 nitrogen and oxygen atoms in total. The van der Waals surface area contributed by atoms with Crippen molar-refractivity contribution in [3.05, 3.63) is 71.4 Å². The lowest BCUT2D eigenvalue weighted by Crippen LogP contribution is -2.37. The molecule has 3 aromatic rings. The molecular formula is C21H20F2N2O2. The monoisotopic (exact) mass is 370 g/mol. The molecule has 1 aromatic heterocycles. The molecule has 1 amide bonds. The highest BCUT2D eigenvalue weighted by Gasteiger charge is 2.25. The number of hydrogen-bond donors (Lipinski definition) is 1. The van der Waals surface area contributed by atoms with Gasteiger partial charge in [0.1, 0.15) is 17.3 Å². The fourth-order valence-corrected chi connectivity index (χ4v) is 3.51. The largest absolute Gasteiger partial charge is 0.376 e. The highest BCUT2D eigenvalue weighted by molar-refractivity contribution is 5.98. The van der Waals surface area contributed by atoms with Crippen LogP contribution in [0.1, 0.15) is 28.9 Å². The van der Waals surface area contributed by atoms with E-state index in [4.69, 9.17) is 4.74 Å². The number of nitrogens with zero attached hydrogens (tertiary/aromatic N) is 1. The Labute approximate surface area is 155 Å². The molecule has 0 aliphatic carbocycles. The number of rotatable bonds is 5. The number of aromatic nitrogens is 1. The molecule has 1 aliphatic rings. The van der Waals surface area contributed by atoms with Gasteiger partial charge >= 0.3 is 0 Å². The number of benzene rings is 2. The Hall–Kier alpha value is -2.73. The number of fused-ring (bicyclic) bond motifs is 1. The zero-order chi connectivity index (χ0) is 18.8. The fourth-order valence-electron chi connectivity index (χ4n) is 3.51. The molecule has 1 N–H and O–H groups in total. The first-order chi connectivity index (χ1) is 13.1. The van der Waals surface area contributed by atoms with E-state index >= 15 is 0 Å². The van der Waals surface area contributed by atoms with Crippen molar-refractivity contribution in [3.63, 3.8) is 0 Å². The average Bonchev–Trinajstić information content (AvgIpc) is 3.31. The molecule has 1 unspecified atom stereocenters. The van der Waals surface area contributed by atoms with Crippen LogP contribution >= 0.6 is 0 Å². The van der Waals surface area contributed by atoms with Crippen LogP contribution in [0.4, 0.5) is 8.78 Å². The third-order valence-electron chi connectivity index (χ3n) is 4.84. The molecule has 140 valence electrons. The van der Waals surface area contributed by atoms with Crippen LogP contribution in [0.3, 0.4) is 0 Å². The van der Waals surface area contributed by atoms with Crippen molar-refractivity contribution in [3.8, 4) is 0 Å². The SMILES string of the molecule is O=C(c1cc2c(F)cccc2[nH]1)N(Cc1cccc(F)c1)CC1CCCO1. The Balaban J connectivity index is 1.63. The van der Waals surface area contributed by atoms with Crippen LogP contribution in [0.15, 0.2) is 48.5 Å². The number of carbonyl (C=O) groups is 1. The van der Waals surface area contributed by atoms with Crippen LogP contribution in [-0.4, -0.2) is 35.0 Å². The van der Waals surface area contributed by atoms with Crippen LogP contribution < -0.4 is 0 Å². The van der Waals surface area contributed by atoms with E-state index < -0.39 is 0 Å². The number of nitrogens with one attached hydrogen (secondary N) is 1. The molecule has 4 rings (SSSR count). The number of aromatic amines is 1. The second-order valence-electron chi connectivity index (χ2n) is 6.83. The number of amides is 1. The van der Waals surface area contributed by atoms with Gasteiger partial charge in [0.25, 0.3) is 5.91 Å². The number of carbonyl (C=O) groups excluding carboxylic acids is 1. The highest BCUT2D eigenvalue weighted by Crippen LogP contribution is 2.22. The van der Waals surface area contributed by atoms with Crippen LogP contribution in [0.25, 0.3) is 10.9 Å². The van der Waals surface area contributed by atoms with E-state index in [0.717, 1.165) is 12.8 Å². The van der Waals surface area contributed by atoms with E-state index in [1.165, 1.54) is 24.3 Å². The van der Waals surface area contributed by atoms with Gasteiger partial charge in [0.2, 0.25) is 0 Å². The molecule has 2 heterocycles. The molecule has 0 bridgehead atoms. The Morgan fingerprint density at radius 3 is 2.78 bits per heavy atom. The van der Waals surface area contributed by atoms with Gasteiger partial charge < -0.3 is 14.6 Å². The van der Waals surface area contributed by atoms with Crippen molar-refractivity contribution in [2.75, 3.05) is 13.2 Å². The predicted octanol–water partition coefficient (Wildman–Crippen LogP) is 4.27. The molecule has 1 atom stereocenters. The van der Waals surface area contributed by atoms with Crippen molar-refractivity contribution in [2.45, 2.75) is 25.5 Å². The van der Waals surface area contributed by atoms with Gasteiger partial charge in [-0.15, -0.1) is 0 Å². The number of halogens is 2. The van der Waals surface area contributed by atoms with Crippen LogP contribution in [0.2, 0.25) is 0 Å². The lowest BCUT2D eigenvalue weighted by Gasteiger charge is -2.25. The molecule has 2 aromatic carbocycles. The normalized spacial score (nSPS) is 16.7. The van der Waals surface area contributed by atoms with E-state index in [1.54, 1.807) is 29.2 Å². The van der Waals surface area contributed by atoms with Gasteiger partial charge in [-0.3, -0.25) is 4.79 Å². The van der Waals surface area contributed by atoms with Gasteiger partial charge in [0, 0.05) is 30.6 Å². The second-order valence-corrected chi connectivity index (χ2v) is 6.83. The molecule has 1 fully saturated rings. The second kappa shape index (κ2) is 7.48. The molecule has 0 spiro atoms. The summed E-state index contributed by atoms with van der Waals surface area (Å²) in [5.41, 5.74) is 1.58. The summed E-state index contributed by atoms with van der Waals surface area (Å²) >= 11 is 0. The van der Waals surface area contributed by atoms with Crippen molar-refractivity contribution < 1.29 is 18.3 Å². The van der Waals surface area contributed by atoms with Crippen molar-refractivity contribution in [2.24, 2.45) is 0 Å². The lowest BCUT2D eigenvalue weighted by atomic mass is 10.1. The van der Waals surface area contributed by atoms with Gasteiger partial charge in [-0.2, -0.15) is 0 Å². The zero-order valence-electron chi connectivity index (χ0n) is 14.8. The van der Waals surface area contributed by atoms with E-state index in [9.17, 15) is 13.6 Å². The maximum absolute atomic E-state index is 14.0. The maximum Gasteiger partial charge on any atom is 0.270 e. The molecule has 6 heteroatoms. The first-order valence-electron chi connectivity index (χ1n) is 9.03. The summed E-state index contributed by atoms with van der Waals surface area (Å²) in [6.45, 7) is 1.35. The predicted molar refractivity (Wildman–Crippen MR) is 98.4 cm³/mol. The quantitative estimate of drug-likeness (QED) is 0.729. The maximum atomic E-state index is 14.0. The molecule has 1 aliphatic heterocycles. The van der Waals surface area contributed by atoms with Crippen molar-refractivity contribution in [1.82, 2.24) is 9.88 Å². The van der Waals surface area contributed by atoms with Gasteiger partial charge in [0.15, 0.2) is 0 Å². The molecule has 1 saturated heterocycles. The van der Waals surface area contributed by atoms with Gasteiger partial charge in [-0.25, -0.2) is 8.78 Å². The number of H-pyrrole nitrogens is 1. The lowest BCUT2D eigenvalue weighted by molar-refractivity contribution is 0.0503. The minimum atomic E-state index is -0.376. The summed E-state index contributed by atoms with van der Waals surface area (Å²) in [6.07, 6.45) is 1.81. The standard InChI is InChI=1S/C21H20F2N2O2/c22-15-5-1-4-14(10-15)12-25(13-16-6-3-9-27-16)21(26)20-11-17-18(23)7-2-8-19(17)24-20/h1-2,4-5,7-8,10-11,16,24H,3,6,9,12-13H2. The third kappa shape index (κ3) is 3.85. The summed E-state index contributed by atoms with van der Waals surface area (Å²) < 4.78 is 33.2. The topological polar surface area (TPSA) is 45.3 Å². The Morgan fingerprint density at radius 1 is 1.19 bits per heavy atom. The van der Waals surface area contributed by atoms with Gasteiger partial charge in [-0.1, -0.05) is 18.2 Å². The molecular weight excluding hydrogens is 350 g/mol. The highest BCUT2D eigenvalue weighted by atomic mass is 19.1. The third-order valence-corrected chi connectivity index (χ3v) is 4.84. The Morgan fingerprint density at radius 2 is 2.04 bits per heavy atom. The minimum absolute atomic E-state index is 0.0383. The Kier molecular flexibility index (Phi) is 4.90. The molecule has 0 radical (unpaired) electrons. The summed E-state index contributed by atoms with van der Waals surface area (Å²) in [5.74, 6) is -0.978. The van der Waals surface area contributed by atoms with E-state index in [0.29, 0.717) is 35.3 Å². The van der Waals surface area contributed by atoms with Crippen LogP contribution in [-0.2, 0) is 11.3 Å². The van der Waals surface area contributed by atoms with Gasteiger partial charge in [-0.05, 0) is 48.7 Å². The van der Waals surface area contributed by atoms with E-state index in [2.05, 4.69) is 4.98 Å². The van der Waals surface area contributed by atoms with Crippen LogP contribution in [0.5, 0.6) is 0 Å². The first kappa shape index (κ1) is 17.7. The first-order valence-corrected chi connectivity index (χ1v) is 9.03. The zero-order valence-corrected chi connectivity index (χ0v) is 14.8. The Bertz CT molecular complexity index is 964.